The molecule has 0 bridgehead atoms. The lowest BCUT2D eigenvalue weighted by Gasteiger charge is -2.43. The van der Waals surface area contributed by atoms with Crippen LogP contribution < -0.4 is 0 Å². The molecule has 6 unspecified atom stereocenters. The first-order valence-electron chi connectivity index (χ1n) is 6.90. The van der Waals surface area contributed by atoms with Crippen molar-refractivity contribution in [3.05, 3.63) is 0 Å². The van der Waals surface area contributed by atoms with Crippen LogP contribution in [0.25, 0.3) is 0 Å². The molecule has 20 heavy (non-hydrogen) atoms. The molecular formula is C13H26O7. The fourth-order valence-electron chi connectivity index (χ4n) is 2.25. The Hall–Kier alpha value is -0.280. The molecule has 0 aliphatic carbocycles. The van der Waals surface area contributed by atoms with Gasteiger partial charge in [-0.05, 0) is 12.8 Å². The molecule has 0 amide bonds. The SMILES string of the molecule is CCC(O)C(OC)O[C@H]1C(CC)OC(OC)C(O)C1O. The Morgan fingerprint density at radius 1 is 1.15 bits per heavy atom. The van der Waals surface area contributed by atoms with Crippen LogP contribution in [0.3, 0.4) is 0 Å². The smallest absolute Gasteiger partial charge is 0.186 e. The van der Waals surface area contributed by atoms with Crippen molar-refractivity contribution < 1.29 is 34.3 Å². The van der Waals surface area contributed by atoms with Gasteiger partial charge in [-0.25, -0.2) is 0 Å². The summed E-state index contributed by atoms with van der Waals surface area (Å²) in [6.45, 7) is 3.66. The van der Waals surface area contributed by atoms with Gasteiger partial charge in [-0.1, -0.05) is 13.8 Å². The monoisotopic (exact) mass is 294 g/mol. The summed E-state index contributed by atoms with van der Waals surface area (Å²) < 4.78 is 21.2. The fourth-order valence-corrected chi connectivity index (χ4v) is 2.25. The molecule has 0 saturated carbocycles. The summed E-state index contributed by atoms with van der Waals surface area (Å²) in [6, 6.07) is 0. The maximum atomic E-state index is 10.2. The molecule has 1 aliphatic rings. The molecule has 0 radical (unpaired) electrons. The number of ether oxygens (including phenoxy) is 4. The Morgan fingerprint density at radius 2 is 1.80 bits per heavy atom. The van der Waals surface area contributed by atoms with E-state index in [-0.39, 0.29) is 0 Å². The molecule has 7 heteroatoms. The molecule has 0 spiro atoms. The Bertz CT molecular complexity index is 273. The Labute approximate surface area is 119 Å². The Morgan fingerprint density at radius 3 is 2.25 bits per heavy atom. The third-order valence-corrected chi connectivity index (χ3v) is 3.53. The first-order chi connectivity index (χ1) is 9.49. The van der Waals surface area contributed by atoms with E-state index in [9.17, 15) is 15.3 Å². The first-order valence-corrected chi connectivity index (χ1v) is 6.90. The molecule has 0 aromatic heterocycles. The van der Waals surface area contributed by atoms with Crippen LogP contribution in [0.5, 0.6) is 0 Å². The van der Waals surface area contributed by atoms with E-state index in [1.807, 2.05) is 6.92 Å². The van der Waals surface area contributed by atoms with E-state index < -0.39 is 43.1 Å². The number of hydrogen-bond acceptors (Lipinski definition) is 7. The van der Waals surface area contributed by atoms with Gasteiger partial charge in [0.05, 0.1) is 6.10 Å². The van der Waals surface area contributed by atoms with Gasteiger partial charge in [0.25, 0.3) is 0 Å². The number of methoxy groups -OCH3 is 2. The largest absolute Gasteiger partial charge is 0.388 e. The average Bonchev–Trinajstić information content (AvgIpc) is 2.48. The van der Waals surface area contributed by atoms with Gasteiger partial charge < -0.3 is 34.3 Å². The maximum Gasteiger partial charge on any atom is 0.186 e. The van der Waals surface area contributed by atoms with Crippen molar-refractivity contribution in [1.82, 2.24) is 0 Å². The molecule has 0 aromatic carbocycles. The summed E-state index contributed by atoms with van der Waals surface area (Å²) in [5, 5.41) is 29.9. The van der Waals surface area contributed by atoms with Crippen molar-refractivity contribution in [2.45, 2.75) is 69.8 Å². The predicted octanol–water partition coefficient (Wildman–Crippen LogP) is -0.382. The lowest BCUT2D eigenvalue weighted by molar-refractivity contribution is -0.324. The summed E-state index contributed by atoms with van der Waals surface area (Å²) in [5.74, 6) is 0. The molecular weight excluding hydrogens is 268 g/mol. The minimum absolute atomic E-state index is 0.447. The van der Waals surface area contributed by atoms with Crippen LogP contribution in [0.2, 0.25) is 0 Å². The predicted molar refractivity (Wildman–Crippen MR) is 69.9 cm³/mol. The van der Waals surface area contributed by atoms with Crippen molar-refractivity contribution in [3.63, 3.8) is 0 Å². The number of aliphatic hydroxyl groups excluding tert-OH is 3. The highest BCUT2D eigenvalue weighted by Crippen LogP contribution is 2.27. The van der Waals surface area contributed by atoms with Crippen LogP contribution >= 0.6 is 0 Å². The van der Waals surface area contributed by atoms with Gasteiger partial charge in [0, 0.05) is 14.2 Å². The molecule has 7 nitrogen and oxygen atoms in total. The normalized spacial score (nSPS) is 37.6. The molecule has 120 valence electrons. The van der Waals surface area contributed by atoms with Gasteiger partial charge in [0.1, 0.15) is 24.4 Å². The molecule has 1 fully saturated rings. The van der Waals surface area contributed by atoms with E-state index in [1.165, 1.54) is 14.2 Å². The lowest BCUT2D eigenvalue weighted by atomic mass is 9.97. The number of rotatable bonds is 7. The Balaban J connectivity index is 2.79. The second-order valence-corrected chi connectivity index (χ2v) is 4.85. The number of hydrogen-bond donors (Lipinski definition) is 3. The molecule has 1 saturated heterocycles. The van der Waals surface area contributed by atoms with Gasteiger partial charge in [-0.2, -0.15) is 0 Å². The summed E-state index contributed by atoms with van der Waals surface area (Å²) in [4.78, 5) is 0. The van der Waals surface area contributed by atoms with Gasteiger partial charge in [-0.3, -0.25) is 0 Å². The van der Waals surface area contributed by atoms with Crippen LogP contribution in [0.4, 0.5) is 0 Å². The quantitative estimate of drug-likeness (QED) is 0.550. The Kier molecular flexibility index (Phi) is 7.32. The first kappa shape index (κ1) is 17.8. The van der Waals surface area contributed by atoms with E-state index in [1.54, 1.807) is 6.92 Å². The average molecular weight is 294 g/mol. The van der Waals surface area contributed by atoms with Gasteiger partial charge in [-0.15, -0.1) is 0 Å². The third kappa shape index (κ3) is 3.88. The maximum absolute atomic E-state index is 10.2. The van der Waals surface area contributed by atoms with Crippen LogP contribution in [0.1, 0.15) is 26.7 Å². The summed E-state index contributed by atoms with van der Waals surface area (Å²) in [5.41, 5.74) is 0. The van der Waals surface area contributed by atoms with Crippen molar-refractivity contribution in [2.75, 3.05) is 14.2 Å². The second-order valence-electron chi connectivity index (χ2n) is 4.85. The lowest BCUT2D eigenvalue weighted by Crippen LogP contribution is -2.60. The summed E-state index contributed by atoms with van der Waals surface area (Å²) in [7, 11) is 2.81. The topological polar surface area (TPSA) is 97.6 Å². The van der Waals surface area contributed by atoms with Crippen LogP contribution in [0, 0.1) is 0 Å². The number of aliphatic hydroxyl groups is 3. The van der Waals surface area contributed by atoms with Crippen LogP contribution in [-0.2, 0) is 18.9 Å². The van der Waals surface area contributed by atoms with E-state index >= 15 is 0 Å². The van der Waals surface area contributed by atoms with Crippen molar-refractivity contribution in [3.8, 4) is 0 Å². The van der Waals surface area contributed by atoms with E-state index in [0.29, 0.717) is 12.8 Å². The fraction of sp³-hybridized carbons (Fsp3) is 1.00. The molecule has 3 N–H and O–H groups in total. The van der Waals surface area contributed by atoms with Crippen molar-refractivity contribution in [1.29, 1.82) is 0 Å². The van der Waals surface area contributed by atoms with E-state index in [4.69, 9.17) is 18.9 Å². The minimum Gasteiger partial charge on any atom is -0.388 e. The van der Waals surface area contributed by atoms with Crippen LogP contribution in [0.15, 0.2) is 0 Å². The van der Waals surface area contributed by atoms with Gasteiger partial charge in [0.15, 0.2) is 12.6 Å². The molecule has 1 heterocycles. The molecule has 7 atom stereocenters. The summed E-state index contributed by atoms with van der Waals surface area (Å²) in [6.07, 6.45) is -5.25. The zero-order valence-corrected chi connectivity index (χ0v) is 12.4. The highest BCUT2D eigenvalue weighted by atomic mass is 16.7. The highest BCUT2D eigenvalue weighted by Gasteiger charge is 2.46. The van der Waals surface area contributed by atoms with Crippen LogP contribution in [-0.4, -0.2) is 72.6 Å². The standard InChI is InChI=1S/C13H26O7/c1-5-7(14)12(17-3)20-11-8(6-2)19-13(18-4)10(16)9(11)15/h7-16H,5-6H2,1-4H3/t7?,8?,9?,10?,11-,12?,13?/m0/s1. The van der Waals surface area contributed by atoms with Crippen molar-refractivity contribution in [2.24, 2.45) is 0 Å². The molecule has 0 aromatic rings. The highest BCUT2D eigenvalue weighted by molar-refractivity contribution is 4.90. The zero-order valence-electron chi connectivity index (χ0n) is 12.4. The van der Waals surface area contributed by atoms with Gasteiger partial charge >= 0.3 is 0 Å². The molecule has 1 rings (SSSR count). The van der Waals surface area contributed by atoms with Crippen molar-refractivity contribution >= 4 is 0 Å². The zero-order chi connectivity index (χ0) is 15.3. The molecule has 1 aliphatic heterocycles. The summed E-state index contributed by atoms with van der Waals surface area (Å²) >= 11 is 0. The van der Waals surface area contributed by atoms with E-state index in [2.05, 4.69) is 0 Å². The van der Waals surface area contributed by atoms with Gasteiger partial charge in [0.2, 0.25) is 0 Å². The third-order valence-electron chi connectivity index (χ3n) is 3.53. The second kappa shape index (κ2) is 8.23. The minimum atomic E-state index is -1.22. The van der Waals surface area contributed by atoms with E-state index in [0.717, 1.165) is 0 Å².